The van der Waals surface area contributed by atoms with Crippen LogP contribution in [0.3, 0.4) is 0 Å². The number of anilines is 5. The van der Waals surface area contributed by atoms with Crippen LogP contribution >= 0.6 is 0 Å². The fourth-order valence-electron chi connectivity index (χ4n) is 2.95. The van der Waals surface area contributed by atoms with Gasteiger partial charge in [-0.25, -0.2) is 14.4 Å². The summed E-state index contributed by atoms with van der Waals surface area (Å²) in [6.45, 7) is 0. The summed E-state index contributed by atoms with van der Waals surface area (Å²) in [4.78, 5) is 19.3. The summed E-state index contributed by atoms with van der Waals surface area (Å²) >= 11 is 0. The molecule has 0 aliphatic carbocycles. The van der Waals surface area contributed by atoms with Crippen LogP contribution in [0.2, 0.25) is 0 Å². The Balaban J connectivity index is 1.76. The smallest absolute Gasteiger partial charge is 0.332 e. The van der Waals surface area contributed by atoms with Gasteiger partial charge in [0.2, 0.25) is 11.6 Å². The molecule has 4 rings (SSSR count). The molecule has 0 amide bonds. The maximum absolute atomic E-state index is 14.1. The first-order valence-corrected chi connectivity index (χ1v) is 9.31. The highest BCUT2D eigenvalue weighted by molar-refractivity contribution is 5.77. The Kier molecular flexibility index (Phi) is 5.66. The molecule has 31 heavy (non-hydrogen) atoms. The predicted molar refractivity (Wildman–Crippen MR) is 117 cm³/mol. The molecule has 4 aromatic rings. The van der Waals surface area contributed by atoms with Crippen LogP contribution in [-0.2, 0) is 0 Å². The normalized spacial score (nSPS) is 10.4. The molecule has 0 fully saturated rings. The van der Waals surface area contributed by atoms with E-state index in [9.17, 15) is 14.5 Å². The lowest BCUT2D eigenvalue weighted by molar-refractivity contribution is -0.383. The van der Waals surface area contributed by atoms with Gasteiger partial charge in [-0.1, -0.05) is 48.5 Å². The third-order valence-corrected chi connectivity index (χ3v) is 4.38. The van der Waals surface area contributed by atoms with E-state index in [-0.39, 0.29) is 17.3 Å². The standard InChI is InChI=1S/C22H17FN6O2/c23-18-13-7-8-14-19(18)26-21-20(29(30)31)22(25-15-24-21)27-28(16-9-3-1-4-10-16)17-11-5-2-6-12-17/h1-15H,(H2,24,25,26,27). The molecule has 0 saturated heterocycles. The number of nitro groups is 1. The molecule has 0 saturated carbocycles. The summed E-state index contributed by atoms with van der Waals surface area (Å²) in [5.74, 6) is -0.736. The molecular weight excluding hydrogens is 399 g/mol. The third kappa shape index (κ3) is 4.40. The maximum Gasteiger partial charge on any atom is 0.355 e. The first kappa shape index (κ1) is 19.8. The van der Waals surface area contributed by atoms with Crippen LogP contribution in [0.5, 0.6) is 0 Å². The summed E-state index contributed by atoms with van der Waals surface area (Å²) in [5.41, 5.74) is 4.14. The van der Waals surface area contributed by atoms with Gasteiger partial charge in [0.05, 0.1) is 22.0 Å². The first-order chi connectivity index (χ1) is 15.1. The minimum Gasteiger partial charge on any atom is -0.332 e. The Labute approximate surface area is 177 Å². The van der Waals surface area contributed by atoms with Crippen molar-refractivity contribution in [2.24, 2.45) is 0 Å². The van der Waals surface area contributed by atoms with Gasteiger partial charge in [-0.05, 0) is 36.4 Å². The third-order valence-electron chi connectivity index (χ3n) is 4.38. The van der Waals surface area contributed by atoms with Crippen molar-refractivity contribution in [3.05, 3.63) is 107 Å². The lowest BCUT2D eigenvalue weighted by Crippen LogP contribution is -2.26. The summed E-state index contributed by atoms with van der Waals surface area (Å²) in [6.07, 6.45) is 1.17. The van der Waals surface area contributed by atoms with Gasteiger partial charge in [0, 0.05) is 0 Å². The van der Waals surface area contributed by atoms with Gasteiger partial charge in [0.25, 0.3) is 0 Å². The number of benzene rings is 3. The molecule has 3 aromatic carbocycles. The molecule has 0 unspecified atom stereocenters. The van der Waals surface area contributed by atoms with E-state index in [1.807, 2.05) is 60.7 Å². The van der Waals surface area contributed by atoms with Crippen LogP contribution in [0.25, 0.3) is 0 Å². The zero-order valence-electron chi connectivity index (χ0n) is 16.1. The Morgan fingerprint density at radius 3 is 1.94 bits per heavy atom. The monoisotopic (exact) mass is 416 g/mol. The molecule has 0 aliphatic heterocycles. The molecule has 0 spiro atoms. The highest BCUT2D eigenvalue weighted by Crippen LogP contribution is 2.34. The average molecular weight is 416 g/mol. The predicted octanol–water partition coefficient (Wildman–Crippen LogP) is 5.43. The van der Waals surface area contributed by atoms with Gasteiger partial charge in [0.15, 0.2) is 0 Å². The molecule has 0 aliphatic rings. The van der Waals surface area contributed by atoms with E-state index in [4.69, 9.17) is 0 Å². The van der Waals surface area contributed by atoms with Crippen LogP contribution in [0.1, 0.15) is 0 Å². The van der Waals surface area contributed by atoms with Crippen molar-refractivity contribution >= 4 is 34.4 Å². The number of hydrazine groups is 1. The van der Waals surface area contributed by atoms with Crippen molar-refractivity contribution in [2.75, 3.05) is 15.8 Å². The molecule has 9 heteroatoms. The van der Waals surface area contributed by atoms with Crippen molar-refractivity contribution in [1.29, 1.82) is 0 Å². The van der Waals surface area contributed by atoms with Gasteiger partial charge in [0.1, 0.15) is 12.1 Å². The largest absolute Gasteiger partial charge is 0.355 e. The minimum absolute atomic E-state index is 0.0495. The van der Waals surface area contributed by atoms with Crippen molar-refractivity contribution in [3.63, 3.8) is 0 Å². The second-order valence-electron chi connectivity index (χ2n) is 6.40. The second kappa shape index (κ2) is 8.87. The number of hydrogen-bond donors (Lipinski definition) is 2. The molecule has 0 bridgehead atoms. The van der Waals surface area contributed by atoms with E-state index in [0.29, 0.717) is 0 Å². The summed E-state index contributed by atoms with van der Waals surface area (Å²) < 4.78 is 14.1. The first-order valence-electron chi connectivity index (χ1n) is 9.31. The number of para-hydroxylation sites is 3. The molecule has 1 aromatic heterocycles. The van der Waals surface area contributed by atoms with Crippen LogP contribution in [-0.4, -0.2) is 14.9 Å². The van der Waals surface area contributed by atoms with Crippen LogP contribution < -0.4 is 15.8 Å². The molecule has 2 N–H and O–H groups in total. The van der Waals surface area contributed by atoms with Crippen molar-refractivity contribution in [2.45, 2.75) is 0 Å². The molecule has 0 radical (unpaired) electrons. The summed E-state index contributed by atoms with van der Waals surface area (Å²) in [5, 5.41) is 16.3. The van der Waals surface area contributed by atoms with Crippen molar-refractivity contribution < 1.29 is 9.31 Å². The number of halogens is 1. The van der Waals surface area contributed by atoms with Gasteiger partial charge in [-0.15, -0.1) is 0 Å². The molecule has 1 heterocycles. The number of hydrogen-bond acceptors (Lipinski definition) is 7. The quantitative estimate of drug-likeness (QED) is 0.306. The summed E-state index contributed by atoms with van der Waals surface area (Å²) in [7, 11) is 0. The number of nitrogens with zero attached hydrogens (tertiary/aromatic N) is 4. The van der Waals surface area contributed by atoms with E-state index in [1.54, 1.807) is 11.1 Å². The van der Waals surface area contributed by atoms with E-state index < -0.39 is 16.4 Å². The zero-order valence-corrected chi connectivity index (χ0v) is 16.1. The topological polar surface area (TPSA) is 96.2 Å². The second-order valence-corrected chi connectivity index (χ2v) is 6.40. The van der Waals surface area contributed by atoms with E-state index in [1.165, 1.54) is 24.5 Å². The van der Waals surface area contributed by atoms with Gasteiger partial charge in [-0.3, -0.25) is 20.5 Å². The SMILES string of the molecule is O=[N+]([O-])c1c(Nc2ccccc2F)ncnc1NN(c1ccccc1)c1ccccc1. The highest BCUT2D eigenvalue weighted by Gasteiger charge is 2.25. The Bertz CT molecular complexity index is 1150. The fourth-order valence-corrected chi connectivity index (χ4v) is 2.95. The zero-order chi connectivity index (χ0) is 21.6. The van der Waals surface area contributed by atoms with Crippen molar-refractivity contribution in [3.8, 4) is 0 Å². The molecule has 0 atom stereocenters. The lowest BCUT2D eigenvalue weighted by atomic mass is 10.2. The lowest BCUT2D eigenvalue weighted by Gasteiger charge is -2.26. The fraction of sp³-hybridized carbons (Fsp3) is 0. The minimum atomic E-state index is -0.611. The average Bonchev–Trinajstić information content (AvgIpc) is 2.80. The molecule has 8 nitrogen and oxygen atoms in total. The Morgan fingerprint density at radius 1 is 0.806 bits per heavy atom. The van der Waals surface area contributed by atoms with E-state index in [0.717, 1.165) is 11.4 Å². The van der Waals surface area contributed by atoms with Crippen LogP contribution in [0.4, 0.5) is 38.8 Å². The number of aromatic nitrogens is 2. The highest BCUT2D eigenvalue weighted by atomic mass is 19.1. The molecular formula is C22H17FN6O2. The number of rotatable bonds is 7. The molecule has 154 valence electrons. The van der Waals surface area contributed by atoms with Gasteiger partial charge >= 0.3 is 5.69 Å². The van der Waals surface area contributed by atoms with Crippen molar-refractivity contribution in [1.82, 2.24) is 9.97 Å². The van der Waals surface area contributed by atoms with Crippen LogP contribution in [0.15, 0.2) is 91.3 Å². The van der Waals surface area contributed by atoms with E-state index in [2.05, 4.69) is 20.7 Å². The number of nitrogens with one attached hydrogen (secondary N) is 2. The van der Waals surface area contributed by atoms with Crippen LogP contribution in [0, 0.1) is 15.9 Å². The maximum atomic E-state index is 14.1. The Morgan fingerprint density at radius 2 is 1.35 bits per heavy atom. The van der Waals surface area contributed by atoms with E-state index >= 15 is 0 Å². The van der Waals surface area contributed by atoms with Gasteiger partial charge in [-0.2, -0.15) is 0 Å². The van der Waals surface area contributed by atoms with Gasteiger partial charge < -0.3 is 5.32 Å². The Hall–Kier alpha value is -4.53. The summed E-state index contributed by atoms with van der Waals surface area (Å²) in [6, 6.07) is 24.4.